The Labute approximate surface area is 580 Å². The van der Waals surface area contributed by atoms with Crippen molar-refractivity contribution in [3.05, 3.63) is 305 Å². The van der Waals surface area contributed by atoms with Crippen LogP contribution in [0, 0.1) is 0 Å². The second kappa shape index (κ2) is 33.4. The van der Waals surface area contributed by atoms with E-state index in [2.05, 4.69) is 46.4 Å². The molecule has 13 nitrogen and oxygen atoms in total. The minimum absolute atomic E-state index is 0.189. The molecule has 13 rings (SSSR count). The van der Waals surface area contributed by atoms with Crippen LogP contribution in [0.4, 0.5) is 0 Å². The third-order valence-corrected chi connectivity index (χ3v) is 18.2. The van der Waals surface area contributed by atoms with Gasteiger partial charge in [-0.2, -0.15) is 0 Å². The molecule has 14 heteroatoms. The minimum Gasteiger partial charge on any atom is -0.399 e. The van der Waals surface area contributed by atoms with E-state index in [0.717, 1.165) is 100 Å². The molecule has 2 aromatic heterocycles. The molecule has 0 radical (unpaired) electrons. The van der Waals surface area contributed by atoms with Gasteiger partial charge in [0.1, 0.15) is 17.3 Å². The second-order valence-corrected chi connectivity index (χ2v) is 26.3. The summed E-state index contributed by atoms with van der Waals surface area (Å²) in [6.07, 6.45) is 11.6. The fourth-order valence-electron chi connectivity index (χ4n) is 12.1. The molecule has 99 heavy (non-hydrogen) atoms. The lowest BCUT2D eigenvalue weighted by atomic mass is 9.78. The molecule has 1 fully saturated rings. The van der Waals surface area contributed by atoms with Gasteiger partial charge in [-0.3, -0.25) is 38.8 Å². The van der Waals surface area contributed by atoms with Crippen molar-refractivity contribution in [2.45, 2.75) is 103 Å². The maximum absolute atomic E-state index is 12.6. The summed E-state index contributed by atoms with van der Waals surface area (Å²) in [5.41, 5.74) is 19.3. The number of ketones is 3. The van der Waals surface area contributed by atoms with Crippen molar-refractivity contribution in [1.29, 1.82) is 0 Å². The van der Waals surface area contributed by atoms with E-state index in [1.54, 1.807) is 24.3 Å². The van der Waals surface area contributed by atoms with Crippen molar-refractivity contribution in [2.24, 2.45) is 5.73 Å². The molecule has 2 amide bonds. The van der Waals surface area contributed by atoms with E-state index in [-0.39, 0.29) is 47.5 Å². The van der Waals surface area contributed by atoms with E-state index in [0.29, 0.717) is 95.6 Å². The number of fused-ring (bicyclic) bond motifs is 3. The van der Waals surface area contributed by atoms with E-state index in [1.165, 1.54) is 4.90 Å². The van der Waals surface area contributed by atoms with Crippen molar-refractivity contribution in [1.82, 2.24) is 14.9 Å². The van der Waals surface area contributed by atoms with Gasteiger partial charge in [0.15, 0.2) is 0 Å². The van der Waals surface area contributed by atoms with E-state index < -0.39 is 0 Å². The molecule has 0 unspecified atom stereocenters. The van der Waals surface area contributed by atoms with Crippen LogP contribution in [-0.2, 0) is 84.9 Å². The Bertz CT molecular complexity index is 4520. The number of rotatable bonds is 26. The molecule has 2 aliphatic heterocycles. The molecule has 0 atom stereocenters. The molecule has 0 spiro atoms. The predicted octanol–water partition coefficient (Wildman–Crippen LogP) is 14.9. The molecule has 500 valence electrons. The first-order valence-electron chi connectivity index (χ1n) is 33.9. The third kappa shape index (κ3) is 18.7. The number of imide groups is 1. The number of aromatic nitrogens is 2. The van der Waals surface area contributed by atoms with Gasteiger partial charge >= 0.3 is 7.12 Å². The molecular formula is C85H83BN4O9. The predicted molar refractivity (Wildman–Crippen MR) is 392 cm³/mol. The summed E-state index contributed by atoms with van der Waals surface area (Å²) in [6.45, 7) is 11.2. The summed E-state index contributed by atoms with van der Waals surface area (Å²) in [7, 11) is -0.362. The Morgan fingerprint density at radius 2 is 0.758 bits per heavy atom. The second-order valence-electron chi connectivity index (χ2n) is 26.3. The molecule has 2 N–H and O–H groups in total. The number of Topliss-reactive ketones (excluding diaryl/α,β-unsaturated/α-hetero) is 3. The summed E-state index contributed by atoms with van der Waals surface area (Å²) in [5, 5.41) is 4.34. The Hall–Kier alpha value is -10.2. The normalized spacial score (nSPS) is 13.5. The smallest absolute Gasteiger partial charge is 0.399 e. The molecule has 0 aliphatic carbocycles. The van der Waals surface area contributed by atoms with Crippen molar-refractivity contribution >= 4 is 63.3 Å². The number of hydrogen-bond acceptors (Lipinski definition) is 12. The van der Waals surface area contributed by atoms with Crippen LogP contribution in [-0.4, -0.2) is 88.7 Å². The molecule has 0 saturated carbocycles. The Morgan fingerprint density at radius 3 is 1.14 bits per heavy atom. The van der Waals surface area contributed by atoms with Gasteiger partial charge in [-0.05, 0) is 143 Å². The number of ether oxygens (including phenoxy) is 2. The number of pyridine rings is 2. The van der Waals surface area contributed by atoms with Crippen LogP contribution in [0.15, 0.2) is 249 Å². The van der Waals surface area contributed by atoms with Gasteiger partial charge in [0, 0.05) is 105 Å². The lowest BCUT2D eigenvalue weighted by Gasteiger charge is -2.32. The SMILES string of the molecule is CC1(C)OB(c2ccc(CC(=O)Cc3ccccc3)cc2)OC1(C)C.NCCCOCc1ccc2cncc(-c3ccc(CC(=O)Cc4ccccc4)cc3)c2c1.O=C(Cc1ccccc1)Cc1ccc(-c2cncc3ccc(COCCCN4C(=O)c5ccccc5C4=O)cc23)cc1. The number of carbonyl (C=O) groups excluding carboxylic acids is 5. The standard InChI is InChI=1S/C36H30N2O4.C28H28N2O2.C21H25BO3/c39-30(19-25-7-2-1-3-8-25)20-26-11-14-28(15-12-26)34-23-37-22-29-16-13-27(21-33(29)34)24-42-18-6-17-38-35(40)31-9-4-5-10-32(31)36(38)41;29-13-4-14-32-20-23-9-12-25-18-30-19-28(27(25)17-23)24-10-7-22(8-11-24)16-26(31)15-21-5-2-1-3-6-21;1-20(2)21(3,4)25-22(24-20)18-12-10-17(11-13-18)15-19(23)14-16-8-6-5-7-9-16/h1-5,7-16,21-23H,6,17-20,24H2;1-3,5-12,17-19H,4,13-16,20,29H2;5-13H,14-15H2,1-4H3. The highest BCUT2D eigenvalue weighted by molar-refractivity contribution is 6.62. The Balaban J connectivity index is 0.000000155. The number of nitrogens with two attached hydrogens (primary N) is 1. The lowest BCUT2D eigenvalue weighted by Crippen LogP contribution is -2.41. The largest absolute Gasteiger partial charge is 0.494 e. The number of hydrogen-bond donors (Lipinski definition) is 1. The van der Waals surface area contributed by atoms with Gasteiger partial charge in [0.2, 0.25) is 0 Å². The van der Waals surface area contributed by atoms with Crippen LogP contribution in [0.2, 0.25) is 0 Å². The van der Waals surface area contributed by atoms with Gasteiger partial charge in [-0.25, -0.2) is 0 Å². The van der Waals surface area contributed by atoms with E-state index in [4.69, 9.17) is 24.5 Å². The zero-order valence-corrected chi connectivity index (χ0v) is 56.7. The average Bonchev–Trinajstić information content (AvgIpc) is 1.56. The maximum Gasteiger partial charge on any atom is 0.494 e. The molecule has 1 saturated heterocycles. The Kier molecular flexibility index (Phi) is 23.6. The number of nitrogens with zero attached hydrogens (tertiary/aromatic N) is 3. The van der Waals surface area contributed by atoms with Gasteiger partial charge in [-0.1, -0.05) is 200 Å². The summed E-state index contributed by atoms with van der Waals surface area (Å²) >= 11 is 0. The van der Waals surface area contributed by atoms with Crippen molar-refractivity contribution < 1.29 is 42.8 Å². The first-order valence-corrected chi connectivity index (χ1v) is 33.9. The fourth-order valence-corrected chi connectivity index (χ4v) is 12.1. The monoisotopic (exact) mass is 1310 g/mol. The van der Waals surface area contributed by atoms with Crippen LogP contribution < -0.4 is 11.2 Å². The summed E-state index contributed by atoms with van der Waals surface area (Å²) in [6, 6.07) is 73.3. The van der Waals surface area contributed by atoms with Crippen LogP contribution in [0.25, 0.3) is 43.8 Å². The highest BCUT2D eigenvalue weighted by atomic mass is 16.7. The maximum atomic E-state index is 12.6. The lowest BCUT2D eigenvalue weighted by molar-refractivity contribution is -0.118. The zero-order chi connectivity index (χ0) is 69.1. The van der Waals surface area contributed by atoms with E-state index in [9.17, 15) is 24.0 Å². The first kappa shape index (κ1) is 70.1. The molecular weight excluding hydrogens is 1230 g/mol. The van der Waals surface area contributed by atoms with Gasteiger partial charge in [-0.15, -0.1) is 0 Å². The minimum atomic E-state index is -0.362. The molecule has 11 aromatic rings. The quantitative estimate of drug-likeness (QED) is 0.0309. The Morgan fingerprint density at radius 1 is 0.414 bits per heavy atom. The topological polar surface area (TPSA) is 177 Å². The molecule has 4 heterocycles. The average molecular weight is 1320 g/mol. The number of carbonyl (C=O) groups is 5. The third-order valence-electron chi connectivity index (χ3n) is 18.2. The van der Waals surface area contributed by atoms with Crippen molar-refractivity contribution in [3.8, 4) is 22.3 Å². The summed E-state index contributed by atoms with van der Waals surface area (Å²) in [4.78, 5) is 72.5. The first-order chi connectivity index (χ1) is 48.1. The number of benzene rings is 9. The number of amides is 2. The zero-order valence-electron chi connectivity index (χ0n) is 56.7. The molecule has 2 aliphatic rings. The van der Waals surface area contributed by atoms with E-state index >= 15 is 0 Å². The van der Waals surface area contributed by atoms with E-state index in [1.807, 2.05) is 216 Å². The van der Waals surface area contributed by atoms with Gasteiger partial charge in [0.25, 0.3) is 11.8 Å². The summed E-state index contributed by atoms with van der Waals surface area (Å²) < 4.78 is 23.8. The highest BCUT2D eigenvalue weighted by Gasteiger charge is 2.51. The van der Waals surface area contributed by atoms with Crippen LogP contribution in [0.3, 0.4) is 0 Å². The van der Waals surface area contributed by atoms with Crippen LogP contribution in [0.5, 0.6) is 0 Å². The van der Waals surface area contributed by atoms with Gasteiger partial charge in [0.05, 0.1) is 35.5 Å². The fraction of sp³-hybridized carbons (Fsp3) is 0.235. The summed E-state index contributed by atoms with van der Waals surface area (Å²) in [5.74, 6) is 0.148. The van der Waals surface area contributed by atoms with Crippen molar-refractivity contribution in [3.63, 3.8) is 0 Å². The van der Waals surface area contributed by atoms with Gasteiger partial charge < -0.3 is 24.5 Å². The van der Waals surface area contributed by atoms with Crippen molar-refractivity contribution in [2.75, 3.05) is 26.3 Å². The van der Waals surface area contributed by atoms with Crippen LogP contribution in [0.1, 0.15) is 106 Å². The molecule has 0 bridgehead atoms. The highest BCUT2D eigenvalue weighted by Crippen LogP contribution is 2.37. The molecule has 9 aromatic carbocycles. The van der Waals surface area contributed by atoms with Crippen LogP contribution >= 0.6 is 0 Å².